The lowest BCUT2D eigenvalue weighted by Crippen LogP contribution is -2.14. The molecule has 1 N–H and O–H groups in total. The van der Waals surface area contributed by atoms with Crippen LogP contribution < -0.4 is 5.32 Å². The van der Waals surface area contributed by atoms with Crippen LogP contribution in [-0.4, -0.2) is 18.5 Å². The van der Waals surface area contributed by atoms with Gasteiger partial charge in [-0.05, 0) is 55.8 Å². The monoisotopic (exact) mass is 434 g/mol. The Morgan fingerprint density at radius 3 is 2.58 bits per heavy atom. The van der Waals surface area contributed by atoms with Gasteiger partial charge in [0.25, 0.3) is 5.91 Å². The van der Waals surface area contributed by atoms with Crippen LogP contribution in [0, 0.1) is 18.3 Å². The number of ether oxygens (including phenoxy) is 1. The van der Waals surface area contributed by atoms with E-state index in [1.54, 1.807) is 68.4 Å². The summed E-state index contributed by atoms with van der Waals surface area (Å²) in [6, 6.07) is 17.2. The molecule has 0 aliphatic heterocycles. The fraction of sp³-hybridized carbons (Fsp3) is 0.125. The van der Waals surface area contributed by atoms with Crippen molar-refractivity contribution in [3.63, 3.8) is 0 Å². The van der Waals surface area contributed by atoms with Crippen molar-refractivity contribution in [3.8, 4) is 17.4 Å². The number of esters is 1. The highest BCUT2D eigenvalue weighted by molar-refractivity contribution is 6.31. The summed E-state index contributed by atoms with van der Waals surface area (Å²) in [5, 5.41) is 12.6. The average Bonchev–Trinajstić information content (AvgIpc) is 3.24. The highest BCUT2D eigenvalue weighted by Gasteiger charge is 2.14. The molecule has 156 valence electrons. The molecule has 3 aromatic rings. The quantitative estimate of drug-likeness (QED) is 0.308. The minimum Gasteiger partial charge on any atom is -0.462 e. The molecule has 0 aliphatic carbocycles. The van der Waals surface area contributed by atoms with E-state index in [4.69, 9.17) is 20.8 Å². The number of anilines is 1. The maximum atomic E-state index is 12.5. The molecule has 0 atom stereocenters. The van der Waals surface area contributed by atoms with Crippen LogP contribution in [0.2, 0.25) is 5.02 Å². The smallest absolute Gasteiger partial charge is 0.338 e. The van der Waals surface area contributed by atoms with Crippen LogP contribution in [-0.2, 0) is 9.53 Å². The molecule has 1 aromatic heterocycles. The number of carbonyl (C=O) groups excluding carboxylic acids is 2. The van der Waals surface area contributed by atoms with Crippen LogP contribution in [0.1, 0.15) is 28.6 Å². The van der Waals surface area contributed by atoms with E-state index < -0.39 is 11.9 Å². The number of rotatable bonds is 6. The number of furan rings is 1. The number of carbonyl (C=O) groups is 2. The molecule has 1 amide bonds. The standard InChI is InChI=1S/C24H19ClN2O4/c1-3-30-24(29)17-9-7-16(8-10-17)22-12-11-19(31-22)13-18(14-26)23(28)27-21-6-4-5-20(25)15(21)2/h4-13H,3H2,1-2H3,(H,27,28)/b18-13-. The number of nitriles is 1. The minimum absolute atomic E-state index is 0.113. The Morgan fingerprint density at radius 1 is 1.16 bits per heavy atom. The van der Waals surface area contributed by atoms with Crippen molar-refractivity contribution in [1.82, 2.24) is 0 Å². The van der Waals surface area contributed by atoms with E-state index in [1.165, 1.54) is 6.08 Å². The van der Waals surface area contributed by atoms with Crippen LogP contribution >= 0.6 is 11.6 Å². The maximum Gasteiger partial charge on any atom is 0.338 e. The van der Waals surface area contributed by atoms with Gasteiger partial charge in [-0.25, -0.2) is 4.79 Å². The first-order valence-electron chi connectivity index (χ1n) is 9.48. The largest absolute Gasteiger partial charge is 0.462 e. The van der Waals surface area contributed by atoms with Crippen LogP contribution in [0.3, 0.4) is 0 Å². The third-order valence-electron chi connectivity index (χ3n) is 4.47. The van der Waals surface area contributed by atoms with Crippen LogP contribution in [0.25, 0.3) is 17.4 Å². The van der Waals surface area contributed by atoms with E-state index in [9.17, 15) is 14.9 Å². The summed E-state index contributed by atoms with van der Waals surface area (Å²) in [5.74, 6) is -0.0784. The Kier molecular flexibility index (Phi) is 6.91. The minimum atomic E-state index is -0.565. The van der Waals surface area contributed by atoms with Gasteiger partial charge >= 0.3 is 5.97 Å². The zero-order valence-corrected chi connectivity index (χ0v) is 17.7. The number of hydrogen-bond donors (Lipinski definition) is 1. The summed E-state index contributed by atoms with van der Waals surface area (Å²) in [4.78, 5) is 24.3. The van der Waals surface area contributed by atoms with Crippen LogP contribution in [0.5, 0.6) is 0 Å². The zero-order valence-electron chi connectivity index (χ0n) is 16.9. The van der Waals surface area contributed by atoms with E-state index in [0.717, 1.165) is 5.56 Å². The Morgan fingerprint density at radius 2 is 1.90 bits per heavy atom. The van der Waals surface area contributed by atoms with Crippen LogP contribution in [0.4, 0.5) is 5.69 Å². The first-order chi connectivity index (χ1) is 14.9. The first kappa shape index (κ1) is 21.9. The molecule has 3 rings (SSSR count). The van der Waals surface area contributed by atoms with Gasteiger partial charge in [0.2, 0.25) is 0 Å². The first-order valence-corrected chi connectivity index (χ1v) is 9.86. The highest BCUT2D eigenvalue weighted by atomic mass is 35.5. The van der Waals surface area contributed by atoms with E-state index in [1.807, 2.05) is 6.07 Å². The summed E-state index contributed by atoms with van der Waals surface area (Å²) in [7, 11) is 0. The maximum absolute atomic E-state index is 12.5. The Bertz CT molecular complexity index is 1190. The van der Waals surface area contributed by atoms with E-state index in [2.05, 4.69) is 5.32 Å². The molecule has 0 saturated heterocycles. The predicted molar refractivity (Wildman–Crippen MR) is 119 cm³/mol. The lowest BCUT2D eigenvalue weighted by molar-refractivity contribution is -0.112. The zero-order chi connectivity index (χ0) is 22.4. The topological polar surface area (TPSA) is 92.3 Å². The summed E-state index contributed by atoms with van der Waals surface area (Å²) in [5.41, 5.74) is 2.31. The van der Waals surface area contributed by atoms with E-state index >= 15 is 0 Å². The summed E-state index contributed by atoms with van der Waals surface area (Å²) >= 11 is 6.07. The fourth-order valence-corrected chi connectivity index (χ4v) is 2.97. The third kappa shape index (κ3) is 5.21. The van der Waals surface area contributed by atoms with Gasteiger partial charge in [0.15, 0.2) is 0 Å². The molecule has 0 aliphatic rings. The molecule has 2 aromatic carbocycles. The van der Waals surface area contributed by atoms with E-state index in [-0.39, 0.29) is 5.57 Å². The Balaban J connectivity index is 1.77. The van der Waals surface area contributed by atoms with Gasteiger partial charge in [0, 0.05) is 22.3 Å². The lowest BCUT2D eigenvalue weighted by Gasteiger charge is -2.08. The number of halogens is 1. The normalized spacial score (nSPS) is 11.0. The second kappa shape index (κ2) is 9.79. The molecule has 0 bridgehead atoms. The van der Waals surface area contributed by atoms with Crippen molar-refractivity contribution < 1.29 is 18.7 Å². The number of amides is 1. The number of hydrogen-bond acceptors (Lipinski definition) is 5. The second-order valence-corrected chi connectivity index (χ2v) is 6.94. The van der Waals surface area contributed by atoms with Gasteiger partial charge in [-0.15, -0.1) is 0 Å². The third-order valence-corrected chi connectivity index (χ3v) is 4.88. The fourth-order valence-electron chi connectivity index (χ4n) is 2.79. The van der Waals surface area contributed by atoms with Gasteiger partial charge in [-0.2, -0.15) is 5.26 Å². The van der Waals surface area contributed by atoms with Crippen molar-refractivity contribution in [2.45, 2.75) is 13.8 Å². The van der Waals surface area contributed by atoms with Crippen molar-refractivity contribution in [2.24, 2.45) is 0 Å². The van der Waals surface area contributed by atoms with Gasteiger partial charge in [-0.3, -0.25) is 4.79 Å². The summed E-state index contributed by atoms with van der Waals surface area (Å²) < 4.78 is 10.7. The Hall–Kier alpha value is -3.82. The number of nitrogens with zero attached hydrogens (tertiary/aromatic N) is 1. The van der Waals surface area contributed by atoms with E-state index in [0.29, 0.717) is 40.0 Å². The summed E-state index contributed by atoms with van der Waals surface area (Å²) in [6.45, 7) is 3.83. The molecule has 0 saturated carbocycles. The van der Waals surface area contributed by atoms with Gasteiger partial charge in [0.1, 0.15) is 23.2 Å². The van der Waals surface area contributed by atoms with Crippen molar-refractivity contribution in [2.75, 3.05) is 11.9 Å². The van der Waals surface area contributed by atoms with Gasteiger partial charge in [0.05, 0.1) is 12.2 Å². The molecule has 31 heavy (non-hydrogen) atoms. The molecular formula is C24H19ClN2O4. The highest BCUT2D eigenvalue weighted by Crippen LogP contribution is 2.25. The molecule has 0 unspecified atom stereocenters. The van der Waals surface area contributed by atoms with Gasteiger partial charge < -0.3 is 14.5 Å². The van der Waals surface area contributed by atoms with Crippen molar-refractivity contribution in [1.29, 1.82) is 5.26 Å². The van der Waals surface area contributed by atoms with Crippen LogP contribution in [0.15, 0.2) is 64.6 Å². The Labute approximate surface area is 184 Å². The number of benzene rings is 2. The predicted octanol–water partition coefficient (Wildman–Crippen LogP) is 5.63. The second-order valence-electron chi connectivity index (χ2n) is 6.54. The summed E-state index contributed by atoms with van der Waals surface area (Å²) in [6.07, 6.45) is 1.37. The van der Waals surface area contributed by atoms with Crippen molar-refractivity contribution >= 4 is 35.2 Å². The molecule has 0 spiro atoms. The SMILES string of the molecule is CCOC(=O)c1ccc(-c2ccc(/C=C(/C#N)C(=O)Nc3cccc(Cl)c3C)o2)cc1. The van der Waals surface area contributed by atoms with Crippen molar-refractivity contribution in [3.05, 3.63) is 82.1 Å². The molecule has 7 heteroatoms. The molecule has 0 radical (unpaired) electrons. The molecule has 0 fully saturated rings. The number of nitrogens with one attached hydrogen (secondary N) is 1. The van der Waals surface area contributed by atoms with Gasteiger partial charge in [-0.1, -0.05) is 29.8 Å². The molecule has 1 heterocycles. The molecular weight excluding hydrogens is 416 g/mol. The average molecular weight is 435 g/mol. The molecule has 6 nitrogen and oxygen atoms in total. The lowest BCUT2D eigenvalue weighted by atomic mass is 10.1.